The normalized spacial score (nSPS) is 12.4. The highest BCUT2D eigenvalue weighted by atomic mass is 14.9. The van der Waals surface area contributed by atoms with Crippen LogP contribution >= 0.6 is 0 Å². The van der Waals surface area contributed by atoms with Gasteiger partial charge in [0.2, 0.25) is 22.8 Å². The SMILES string of the molecule is Cc1ccc2cc(-c3cc(-c4ccccc4C)[n+](C)cc3C(C)C)ccc2c1.Cc1ccccc1-c1cc(-c2ccc3cc(C(C)(C)C)ccc3c2)c(C(C)C)c[n+]1C.Cc1ccccc1-c1cc(-c2ccc3cc(C(C)C)ccc3c2)c(C(C)C)c[n+]1C.Cc1ccccc1-c1cc(-c2ccc3cc(C4CCCC4)ccc3c2)c(C(C)C)c[n+]1C. The molecule has 0 bridgehead atoms. The van der Waals surface area contributed by atoms with Crippen molar-refractivity contribution in [2.75, 3.05) is 0 Å². The van der Waals surface area contributed by atoms with Crippen LogP contribution in [0.5, 0.6) is 0 Å². The third-order valence-electron chi connectivity index (χ3n) is 25.6. The minimum absolute atomic E-state index is 0.161. The molecule has 0 saturated heterocycles. The third kappa shape index (κ3) is 19.1. The fourth-order valence-electron chi connectivity index (χ4n) is 18.2. The summed E-state index contributed by atoms with van der Waals surface area (Å²) in [5.74, 6) is 3.13. The van der Waals surface area contributed by atoms with E-state index in [1.807, 2.05) is 0 Å². The van der Waals surface area contributed by atoms with Crippen LogP contribution < -0.4 is 18.3 Å². The van der Waals surface area contributed by atoms with Gasteiger partial charge in [0.05, 0.1) is 0 Å². The first kappa shape index (κ1) is 85.7. The van der Waals surface area contributed by atoms with E-state index in [2.05, 4.69) is 463 Å². The molecule has 0 N–H and O–H groups in total. The lowest BCUT2D eigenvalue weighted by atomic mass is 9.85. The van der Waals surface area contributed by atoms with Gasteiger partial charge in [-0.3, -0.25) is 0 Å². The molecule has 4 heteroatoms. The van der Waals surface area contributed by atoms with Gasteiger partial charge >= 0.3 is 0 Å². The van der Waals surface area contributed by atoms with Crippen molar-refractivity contribution in [3.63, 3.8) is 0 Å². The topological polar surface area (TPSA) is 15.5 Å². The Bertz CT molecular complexity index is 6480. The van der Waals surface area contributed by atoms with Crippen LogP contribution in [-0.4, -0.2) is 0 Å². The maximum atomic E-state index is 2.43. The minimum Gasteiger partial charge on any atom is -0.201 e. The van der Waals surface area contributed by atoms with Crippen LogP contribution in [0.25, 0.3) is 133 Å². The lowest BCUT2D eigenvalue weighted by Crippen LogP contribution is -2.32. The second-order valence-corrected chi connectivity index (χ2v) is 37.3. The van der Waals surface area contributed by atoms with Gasteiger partial charge in [-0.25, -0.2) is 18.3 Å². The fraction of sp³-hybridized carbons (Fsp3) is 0.282. The first-order valence-electron chi connectivity index (χ1n) is 44.5. The van der Waals surface area contributed by atoms with Gasteiger partial charge in [0, 0.05) is 68.8 Å². The molecule has 0 amide bonds. The second-order valence-electron chi connectivity index (χ2n) is 37.3. The Hall–Kier alpha value is -11.7. The summed E-state index contributed by atoms with van der Waals surface area (Å²) in [5.41, 5.74) is 37.2. The van der Waals surface area contributed by atoms with Crippen molar-refractivity contribution in [3.05, 3.63) is 358 Å². The monoisotopic (exact) mass is 1590 g/mol. The van der Waals surface area contributed by atoms with Gasteiger partial charge in [0.1, 0.15) is 28.2 Å². The zero-order valence-corrected chi connectivity index (χ0v) is 76.3. The first-order valence-corrected chi connectivity index (χ1v) is 44.5. The highest BCUT2D eigenvalue weighted by Gasteiger charge is 2.27. The summed E-state index contributed by atoms with van der Waals surface area (Å²) in [7, 11) is 8.64. The average Bonchev–Trinajstić information content (AvgIpc) is 1.43. The van der Waals surface area contributed by atoms with Gasteiger partial charge in [-0.05, 0) is 263 Å². The summed E-state index contributed by atoms with van der Waals surface area (Å²) in [5, 5.41) is 10.5. The third-order valence-corrected chi connectivity index (χ3v) is 25.6. The molecule has 16 aromatic rings. The molecular formula is C117H128N4+4. The summed E-state index contributed by atoms with van der Waals surface area (Å²) in [4.78, 5) is 0. The number of aromatic nitrogens is 4. The standard InChI is InChI=1S/C31H34N.C30H34N.C29H32N.C27H28N/c1-21(2)30-20-32(4)31(28-12-8-5-9-22(28)3)19-29(30)27-16-15-25-17-24(13-14-26(25)18-27)23-10-6-7-11-23;1-20(2)28-19-31(7)29(26-11-9-8-10-21(26)3)18-27(28)24-13-12-23-17-25(30(4,5)6)15-14-22(23)16-24;1-19(2)22-11-12-24-16-25(14-13-23(24)15-22)27-17-29(26-10-8-7-9-21(26)5)30(6)18-28(27)20(3)4;1-18(2)26-17-28(5)27(24-9-7-6-8-20(24)4)16-25(26)23-13-12-21-14-19(3)10-11-22(21)15-23/h5,8-9,12-21,23H,6-7,10-11H2,1-4H3;8-20H,1-7H3;7-20H,1-6H3;6-18H,1-5H3/q4*+1. The van der Waals surface area contributed by atoms with Gasteiger partial charge in [-0.15, -0.1) is 0 Å². The van der Waals surface area contributed by atoms with Crippen molar-refractivity contribution in [2.45, 2.75) is 191 Å². The summed E-state index contributed by atoms with van der Waals surface area (Å²) in [6.45, 7) is 40.5. The fourth-order valence-corrected chi connectivity index (χ4v) is 18.2. The van der Waals surface area contributed by atoms with Gasteiger partial charge in [0.25, 0.3) is 0 Å². The van der Waals surface area contributed by atoms with Crippen molar-refractivity contribution in [3.8, 4) is 89.5 Å². The highest BCUT2D eigenvalue weighted by molar-refractivity contribution is 5.93. The van der Waals surface area contributed by atoms with Crippen LogP contribution in [0.1, 0.15) is 218 Å². The van der Waals surface area contributed by atoms with Crippen LogP contribution in [0, 0.1) is 34.6 Å². The van der Waals surface area contributed by atoms with E-state index in [1.165, 1.54) is 225 Å². The van der Waals surface area contributed by atoms with Crippen LogP contribution in [0.3, 0.4) is 0 Å². The number of pyridine rings is 4. The molecule has 0 unspecified atom stereocenters. The Labute approximate surface area is 724 Å². The number of nitrogens with zero attached hydrogens (tertiary/aromatic N) is 4. The highest BCUT2D eigenvalue weighted by Crippen LogP contribution is 2.42. The summed E-state index contributed by atoms with van der Waals surface area (Å²) in [6.07, 6.45) is 14.7. The Morgan fingerprint density at radius 3 is 0.868 bits per heavy atom. The Balaban J connectivity index is 0.000000132. The number of aryl methyl sites for hydroxylation is 9. The lowest BCUT2D eigenvalue weighted by Gasteiger charge is -2.20. The van der Waals surface area contributed by atoms with Crippen molar-refractivity contribution >= 4 is 43.1 Å². The van der Waals surface area contributed by atoms with Gasteiger partial charge in [0.15, 0.2) is 24.8 Å². The average molecular weight is 1590 g/mol. The van der Waals surface area contributed by atoms with Crippen molar-refractivity contribution in [1.29, 1.82) is 0 Å². The van der Waals surface area contributed by atoms with E-state index in [1.54, 1.807) is 0 Å². The van der Waals surface area contributed by atoms with E-state index in [4.69, 9.17) is 0 Å². The maximum absolute atomic E-state index is 2.43. The lowest BCUT2D eigenvalue weighted by molar-refractivity contribution is -0.660. The van der Waals surface area contributed by atoms with E-state index in [-0.39, 0.29) is 5.41 Å². The predicted octanol–water partition coefficient (Wildman–Crippen LogP) is 30.1. The molecule has 1 fully saturated rings. The number of rotatable bonds is 14. The molecule has 121 heavy (non-hydrogen) atoms. The van der Waals surface area contributed by atoms with E-state index in [0.29, 0.717) is 29.6 Å². The summed E-state index contributed by atoms with van der Waals surface area (Å²) in [6, 6.07) is 99.4. The molecule has 4 heterocycles. The first-order chi connectivity index (χ1) is 57.9. The quantitative estimate of drug-likeness (QED) is 0.0965. The molecule has 12 aromatic carbocycles. The molecule has 0 aliphatic heterocycles. The van der Waals surface area contributed by atoms with Gasteiger partial charge in [-0.2, -0.15) is 0 Å². The Kier molecular flexibility index (Phi) is 26.0. The maximum Gasteiger partial charge on any atom is 0.213 e. The van der Waals surface area contributed by atoms with Gasteiger partial charge < -0.3 is 0 Å². The summed E-state index contributed by atoms with van der Waals surface area (Å²) < 4.78 is 9.11. The van der Waals surface area contributed by atoms with E-state index < -0.39 is 0 Å². The molecule has 0 spiro atoms. The molecule has 1 aliphatic carbocycles. The molecule has 4 nitrogen and oxygen atoms in total. The van der Waals surface area contributed by atoms with Crippen LogP contribution in [0.2, 0.25) is 0 Å². The van der Waals surface area contributed by atoms with Crippen LogP contribution in [-0.2, 0) is 33.6 Å². The van der Waals surface area contributed by atoms with E-state index in [0.717, 1.165) is 5.92 Å². The molecule has 1 aliphatic rings. The number of hydrogen-bond donors (Lipinski definition) is 0. The van der Waals surface area contributed by atoms with Crippen LogP contribution in [0.15, 0.2) is 292 Å². The molecular weight excluding hydrogens is 1460 g/mol. The Morgan fingerprint density at radius 2 is 0.545 bits per heavy atom. The predicted molar refractivity (Wildman–Crippen MR) is 518 cm³/mol. The Morgan fingerprint density at radius 1 is 0.264 bits per heavy atom. The van der Waals surface area contributed by atoms with Gasteiger partial charge in [-0.1, -0.05) is 303 Å². The van der Waals surface area contributed by atoms with Crippen LogP contribution in [0.4, 0.5) is 0 Å². The molecule has 612 valence electrons. The number of fused-ring (bicyclic) bond motifs is 4. The van der Waals surface area contributed by atoms with E-state index in [9.17, 15) is 0 Å². The number of benzene rings is 12. The smallest absolute Gasteiger partial charge is 0.201 e. The minimum atomic E-state index is 0.161. The molecule has 0 atom stereocenters. The molecule has 4 aromatic heterocycles. The van der Waals surface area contributed by atoms with E-state index >= 15 is 0 Å². The zero-order valence-electron chi connectivity index (χ0n) is 76.3. The summed E-state index contributed by atoms with van der Waals surface area (Å²) >= 11 is 0. The van der Waals surface area contributed by atoms with Crippen molar-refractivity contribution in [1.82, 2.24) is 0 Å². The molecule has 0 radical (unpaired) electrons. The zero-order chi connectivity index (χ0) is 85.8. The molecule has 17 rings (SSSR count). The number of hydrogen-bond acceptors (Lipinski definition) is 0. The van der Waals surface area contributed by atoms with Crippen molar-refractivity contribution in [2.24, 2.45) is 28.2 Å². The second kappa shape index (κ2) is 36.7. The largest absolute Gasteiger partial charge is 0.213 e. The molecule has 1 saturated carbocycles. The van der Waals surface area contributed by atoms with Crippen molar-refractivity contribution < 1.29 is 18.3 Å².